The zero-order valence-electron chi connectivity index (χ0n) is 19.7. The van der Waals surface area contributed by atoms with E-state index in [0.717, 1.165) is 28.1 Å². The van der Waals surface area contributed by atoms with E-state index in [2.05, 4.69) is 24.9 Å². The highest BCUT2D eigenvalue weighted by atomic mass is 32.1. The molecule has 178 valence electrons. The summed E-state index contributed by atoms with van der Waals surface area (Å²) in [6, 6.07) is 21.4. The Kier molecular flexibility index (Phi) is 6.79. The number of thiazole rings is 1. The molecule has 0 unspecified atom stereocenters. The van der Waals surface area contributed by atoms with Crippen molar-refractivity contribution in [3.63, 3.8) is 0 Å². The van der Waals surface area contributed by atoms with Gasteiger partial charge in [0.25, 0.3) is 5.56 Å². The molecule has 0 spiro atoms. The largest absolute Gasteiger partial charge is 0.491 e. The lowest BCUT2D eigenvalue weighted by molar-refractivity contribution is 0.0764. The van der Waals surface area contributed by atoms with Gasteiger partial charge in [-0.15, -0.1) is 0 Å². The molecule has 0 fully saturated rings. The van der Waals surface area contributed by atoms with Crippen LogP contribution in [0.4, 0.5) is 0 Å². The Bertz CT molecular complexity index is 1590. The Balaban J connectivity index is 1.15. The minimum absolute atomic E-state index is 0.0542. The standard InChI is InChI=1S/C28H26N2O4S/c1-19-10-11-23(16-20(19)2)34-15-13-32-12-14-33-22-7-5-6-21(17-22)18-26-27(31)30-25-9-4-3-8-24(25)29-28(30)35-26/h3-11,16-18H,12-15H2,1-2H3/b26-18-. The molecule has 0 aliphatic rings. The van der Waals surface area contributed by atoms with E-state index < -0.39 is 0 Å². The first kappa shape index (κ1) is 23.1. The van der Waals surface area contributed by atoms with Gasteiger partial charge in [0.05, 0.1) is 28.8 Å². The van der Waals surface area contributed by atoms with Crippen LogP contribution in [0.15, 0.2) is 71.5 Å². The zero-order chi connectivity index (χ0) is 24.2. The molecule has 35 heavy (non-hydrogen) atoms. The van der Waals surface area contributed by atoms with Crippen molar-refractivity contribution in [2.75, 3.05) is 26.4 Å². The fourth-order valence-corrected chi connectivity index (χ4v) is 4.79. The number of rotatable bonds is 9. The minimum Gasteiger partial charge on any atom is -0.491 e. The van der Waals surface area contributed by atoms with Gasteiger partial charge < -0.3 is 14.2 Å². The third kappa shape index (κ3) is 5.21. The van der Waals surface area contributed by atoms with Gasteiger partial charge in [0.15, 0.2) is 4.96 Å². The summed E-state index contributed by atoms with van der Waals surface area (Å²) in [6.07, 6.45) is 1.88. The second-order valence-corrected chi connectivity index (χ2v) is 9.27. The Hall–Kier alpha value is -3.68. The van der Waals surface area contributed by atoms with E-state index in [0.29, 0.717) is 35.9 Å². The fraction of sp³-hybridized carbons (Fsp3) is 0.214. The van der Waals surface area contributed by atoms with Gasteiger partial charge in [0.1, 0.15) is 24.7 Å². The van der Waals surface area contributed by atoms with Crippen molar-refractivity contribution in [1.29, 1.82) is 0 Å². The summed E-state index contributed by atoms with van der Waals surface area (Å²) in [5, 5.41) is 0. The molecule has 0 aliphatic carbocycles. The summed E-state index contributed by atoms with van der Waals surface area (Å²) in [7, 11) is 0. The number of aryl methyl sites for hydroxylation is 2. The number of aromatic nitrogens is 2. The van der Waals surface area contributed by atoms with Crippen LogP contribution < -0.4 is 19.6 Å². The monoisotopic (exact) mass is 486 g/mol. The summed E-state index contributed by atoms with van der Waals surface area (Å²) in [4.78, 5) is 18.2. The van der Waals surface area contributed by atoms with Gasteiger partial charge >= 0.3 is 0 Å². The summed E-state index contributed by atoms with van der Waals surface area (Å²) < 4.78 is 19.5. The minimum atomic E-state index is -0.0542. The van der Waals surface area contributed by atoms with Crippen molar-refractivity contribution in [1.82, 2.24) is 9.38 Å². The van der Waals surface area contributed by atoms with Crippen LogP contribution in [-0.2, 0) is 4.74 Å². The molecule has 0 saturated carbocycles. The second kappa shape index (κ2) is 10.3. The lowest BCUT2D eigenvalue weighted by atomic mass is 10.1. The van der Waals surface area contributed by atoms with Gasteiger partial charge in [0.2, 0.25) is 0 Å². The van der Waals surface area contributed by atoms with Gasteiger partial charge in [-0.05, 0) is 73.0 Å². The average Bonchev–Trinajstić information content (AvgIpc) is 3.37. The lowest BCUT2D eigenvalue weighted by Gasteiger charge is -2.10. The number of benzene rings is 3. The van der Waals surface area contributed by atoms with Gasteiger partial charge in [-0.3, -0.25) is 4.79 Å². The smallest absolute Gasteiger partial charge is 0.274 e. The van der Waals surface area contributed by atoms with Crippen LogP contribution in [0.5, 0.6) is 11.5 Å². The highest BCUT2D eigenvalue weighted by Crippen LogP contribution is 2.18. The Morgan fingerprint density at radius 2 is 1.63 bits per heavy atom. The number of nitrogens with zero attached hydrogens (tertiary/aromatic N) is 2. The molecule has 5 aromatic rings. The van der Waals surface area contributed by atoms with Crippen LogP contribution in [0.3, 0.4) is 0 Å². The Labute approximate surface area is 207 Å². The number of hydrogen-bond donors (Lipinski definition) is 0. The molecule has 6 nitrogen and oxygen atoms in total. The predicted octanol–water partition coefficient (Wildman–Crippen LogP) is 4.55. The quantitative estimate of drug-likeness (QED) is 0.286. The maximum Gasteiger partial charge on any atom is 0.274 e. The maximum atomic E-state index is 13.0. The first-order valence-electron chi connectivity index (χ1n) is 11.5. The molecule has 0 atom stereocenters. The van der Waals surface area contributed by atoms with Crippen LogP contribution in [0, 0.1) is 13.8 Å². The topological polar surface area (TPSA) is 62.1 Å². The van der Waals surface area contributed by atoms with Crippen molar-refractivity contribution < 1.29 is 14.2 Å². The van der Waals surface area contributed by atoms with Crippen molar-refractivity contribution in [2.45, 2.75) is 13.8 Å². The van der Waals surface area contributed by atoms with Gasteiger partial charge in [-0.2, -0.15) is 0 Å². The molecule has 2 heterocycles. The Morgan fingerprint density at radius 3 is 2.43 bits per heavy atom. The second-order valence-electron chi connectivity index (χ2n) is 8.26. The highest BCUT2D eigenvalue weighted by molar-refractivity contribution is 7.15. The Morgan fingerprint density at radius 1 is 0.857 bits per heavy atom. The first-order valence-corrected chi connectivity index (χ1v) is 12.3. The SMILES string of the molecule is Cc1ccc(OCCOCCOc2cccc(/C=c3\sc4nc5ccccc5n4c3=O)c2)cc1C. The fourth-order valence-electron chi connectivity index (χ4n) is 3.80. The molecule has 0 radical (unpaired) electrons. The first-order chi connectivity index (χ1) is 17.1. The van der Waals surface area contributed by atoms with Gasteiger partial charge in [-0.25, -0.2) is 9.38 Å². The molecule has 2 aromatic heterocycles. The highest BCUT2D eigenvalue weighted by Gasteiger charge is 2.10. The summed E-state index contributed by atoms with van der Waals surface area (Å²) in [6.45, 7) is 6.03. The van der Waals surface area contributed by atoms with Gasteiger partial charge in [-0.1, -0.05) is 41.7 Å². The van der Waals surface area contributed by atoms with Crippen molar-refractivity contribution in [3.8, 4) is 11.5 Å². The van der Waals surface area contributed by atoms with E-state index in [1.807, 2.05) is 66.7 Å². The number of para-hydroxylation sites is 2. The molecule has 0 aliphatic heterocycles. The lowest BCUT2D eigenvalue weighted by Crippen LogP contribution is -2.22. The molecule has 0 saturated heterocycles. The van der Waals surface area contributed by atoms with Crippen molar-refractivity contribution in [2.24, 2.45) is 0 Å². The average molecular weight is 487 g/mol. The number of fused-ring (bicyclic) bond motifs is 3. The molecular formula is C28H26N2O4S. The summed E-state index contributed by atoms with van der Waals surface area (Å²) in [5.74, 6) is 1.59. The third-order valence-electron chi connectivity index (χ3n) is 5.77. The predicted molar refractivity (Wildman–Crippen MR) is 140 cm³/mol. The summed E-state index contributed by atoms with van der Waals surface area (Å²) in [5.41, 5.74) is 4.97. The van der Waals surface area contributed by atoms with E-state index in [4.69, 9.17) is 14.2 Å². The van der Waals surface area contributed by atoms with E-state index in [1.165, 1.54) is 22.5 Å². The van der Waals surface area contributed by atoms with Crippen LogP contribution in [0.2, 0.25) is 0 Å². The zero-order valence-corrected chi connectivity index (χ0v) is 20.5. The molecule has 3 aromatic carbocycles. The number of ether oxygens (including phenoxy) is 3. The van der Waals surface area contributed by atoms with Crippen molar-refractivity contribution >= 4 is 33.4 Å². The van der Waals surface area contributed by atoms with E-state index >= 15 is 0 Å². The normalized spacial score (nSPS) is 12.0. The molecule has 0 amide bonds. The third-order valence-corrected chi connectivity index (χ3v) is 6.74. The molecule has 0 N–H and O–H groups in total. The van der Waals surface area contributed by atoms with E-state index in [1.54, 1.807) is 4.40 Å². The van der Waals surface area contributed by atoms with E-state index in [9.17, 15) is 4.79 Å². The van der Waals surface area contributed by atoms with E-state index in [-0.39, 0.29) is 5.56 Å². The number of imidazole rings is 1. The van der Waals surface area contributed by atoms with Crippen LogP contribution in [-0.4, -0.2) is 35.8 Å². The maximum absolute atomic E-state index is 13.0. The molecule has 7 heteroatoms. The van der Waals surface area contributed by atoms with Crippen molar-refractivity contribution in [3.05, 3.63) is 98.3 Å². The molecular weight excluding hydrogens is 460 g/mol. The summed E-state index contributed by atoms with van der Waals surface area (Å²) >= 11 is 1.39. The van der Waals surface area contributed by atoms with Crippen LogP contribution >= 0.6 is 11.3 Å². The molecule has 0 bridgehead atoms. The van der Waals surface area contributed by atoms with Gasteiger partial charge in [0, 0.05) is 0 Å². The van der Waals surface area contributed by atoms with Crippen LogP contribution in [0.1, 0.15) is 16.7 Å². The molecule has 5 rings (SSSR count). The van der Waals surface area contributed by atoms with Crippen LogP contribution in [0.25, 0.3) is 22.1 Å². The number of hydrogen-bond acceptors (Lipinski definition) is 6.